The summed E-state index contributed by atoms with van der Waals surface area (Å²) in [5, 5.41) is 3.92. The van der Waals surface area contributed by atoms with Crippen molar-refractivity contribution in [2.45, 2.75) is 76.4 Å². The first kappa shape index (κ1) is 31.9. The van der Waals surface area contributed by atoms with Crippen LogP contribution >= 0.6 is 23.2 Å². The molecule has 0 heterocycles. The highest BCUT2D eigenvalue weighted by Gasteiger charge is 2.34. The highest BCUT2D eigenvalue weighted by atomic mass is 35.5. The van der Waals surface area contributed by atoms with Crippen LogP contribution in [0.15, 0.2) is 71.6 Å². The first-order valence-corrected chi connectivity index (χ1v) is 16.4. The molecule has 0 aliphatic heterocycles. The normalized spacial score (nSPS) is 14.7. The molecule has 0 bridgehead atoms. The lowest BCUT2D eigenvalue weighted by Gasteiger charge is -2.33. The minimum atomic E-state index is -4.19. The van der Waals surface area contributed by atoms with Crippen LogP contribution in [0.3, 0.4) is 0 Å². The third-order valence-corrected chi connectivity index (χ3v) is 10.4. The van der Waals surface area contributed by atoms with E-state index in [4.69, 9.17) is 23.2 Å². The predicted octanol–water partition coefficient (Wildman–Crippen LogP) is 6.67. The molecule has 0 radical (unpaired) electrons. The van der Waals surface area contributed by atoms with Crippen molar-refractivity contribution in [1.82, 2.24) is 10.2 Å². The van der Waals surface area contributed by atoms with E-state index in [0.29, 0.717) is 21.2 Å². The van der Waals surface area contributed by atoms with Crippen LogP contribution in [0, 0.1) is 13.8 Å². The van der Waals surface area contributed by atoms with Crippen molar-refractivity contribution in [3.05, 3.63) is 93.5 Å². The van der Waals surface area contributed by atoms with Crippen LogP contribution in [0.1, 0.15) is 55.7 Å². The van der Waals surface area contributed by atoms with Gasteiger partial charge >= 0.3 is 0 Å². The summed E-state index contributed by atoms with van der Waals surface area (Å²) in [6.45, 7) is 4.73. The molecule has 1 saturated carbocycles. The summed E-state index contributed by atoms with van der Waals surface area (Å²) in [4.78, 5) is 29.1. The molecule has 3 aromatic carbocycles. The molecule has 3 aromatic rings. The third kappa shape index (κ3) is 7.46. The van der Waals surface area contributed by atoms with E-state index < -0.39 is 28.5 Å². The zero-order valence-corrected chi connectivity index (χ0v) is 26.5. The molecule has 1 aliphatic carbocycles. The van der Waals surface area contributed by atoms with Crippen molar-refractivity contribution in [2.75, 3.05) is 10.8 Å². The van der Waals surface area contributed by atoms with Crippen LogP contribution in [0.2, 0.25) is 10.0 Å². The summed E-state index contributed by atoms with van der Waals surface area (Å²) >= 11 is 12.9. The number of amides is 2. The quantitative estimate of drug-likeness (QED) is 0.271. The van der Waals surface area contributed by atoms with E-state index in [1.807, 2.05) is 6.92 Å². The molecule has 7 nitrogen and oxygen atoms in total. The Balaban J connectivity index is 1.72. The smallest absolute Gasteiger partial charge is 0.264 e. The Morgan fingerprint density at radius 2 is 1.55 bits per heavy atom. The molecule has 42 heavy (non-hydrogen) atoms. The van der Waals surface area contributed by atoms with Gasteiger partial charge in [-0.05, 0) is 75.1 Å². The molecule has 2 amide bonds. The second-order valence-electron chi connectivity index (χ2n) is 10.8. The number of hydrogen-bond acceptors (Lipinski definition) is 4. The van der Waals surface area contributed by atoms with Gasteiger partial charge < -0.3 is 10.2 Å². The van der Waals surface area contributed by atoms with Crippen LogP contribution < -0.4 is 9.62 Å². The summed E-state index contributed by atoms with van der Waals surface area (Å²) < 4.78 is 29.2. The van der Waals surface area contributed by atoms with Crippen molar-refractivity contribution in [3.8, 4) is 0 Å². The van der Waals surface area contributed by atoms with E-state index in [0.717, 1.165) is 42.0 Å². The predicted molar refractivity (Wildman–Crippen MR) is 168 cm³/mol. The second-order valence-corrected chi connectivity index (χ2v) is 13.5. The van der Waals surface area contributed by atoms with Crippen LogP contribution in [0.25, 0.3) is 0 Å². The van der Waals surface area contributed by atoms with Crippen molar-refractivity contribution < 1.29 is 18.0 Å². The lowest BCUT2D eigenvalue weighted by molar-refractivity contribution is -0.139. The van der Waals surface area contributed by atoms with Gasteiger partial charge in [0.2, 0.25) is 11.8 Å². The largest absolute Gasteiger partial charge is 0.352 e. The van der Waals surface area contributed by atoms with Crippen molar-refractivity contribution in [3.63, 3.8) is 0 Å². The van der Waals surface area contributed by atoms with E-state index >= 15 is 0 Å². The number of halogens is 2. The van der Waals surface area contributed by atoms with Gasteiger partial charge in [0, 0.05) is 22.6 Å². The van der Waals surface area contributed by atoms with Crippen LogP contribution in [-0.4, -0.2) is 43.8 Å². The molecule has 1 N–H and O–H groups in total. The maximum absolute atomic E-state index is 14.2. The summed E-state index contributed by atoms with van der Waals surface area (Å²) in [6, 6.07) is 17.7. The fourth-order valence-corrected chi connectivity index (χ4v) is 7.02. The lowest BCUT2D eigenvalue weighted by Crippen LogP contribution is -2.53. The number of hydrogen-bond donors (Lipinski definition) is 1. The van der Waals surface area contributed by atoms with E-state index in [1.165, 1.54) is 17.0 Å². The van der Waals surface area contributed by atoms with Gasteiger partial charge in [-0.15, -0.1) is 0 Å². The summed E-state index contributed by atoms with van der Waals surface area (Å²) in [6.07, 6.45) is 5.03. The Bertz CT molecular complexity index is 1520. The van der Waals surface area contributed by atoms with Crippen LogP contribution in [0.5, 0.6) is 0 Å². The zero-order chi connectivity index (χ0) is 30.4. The van der Waals surface area contributed by atoms with Gasteiger partial charge in [-0.3, -0.25) is 13.9 Å². The topological polar surface area (TPSA) is 86.8 Å². The van der Waals surface area contributed by atoms with Gasteiger partial charge in [-0.25, -0.2) is 8.42 Å². The number of benzene rings is 3. The number of sulfonamides is 1. The van der Waals surface area contributed by atoms with Gasteiger partial charge in [0.15, 0.2) is 0 Å². The molecule has 224 valence electrons. The molecular formula is C32H37Cl2N3O4S. The van der Waals surface area contributed by atoms with E-state index in [-0.39, 0.29) is 29.1 Å². The Hall–Kier alpha value is -3.07. The Morgan fingerprint density at radius 3 is 2.21 bits per heavy atom. The number of nitrogens with one attached hydrogen (secondary N) is 1. The molecule has 1 atom stereocenters. The molecule has 0 aromatic heterocycles. The lowest BCUT2D eigenvalue weighted by atomic mass is 9.95. The number of anilines is 1. The molecule has 1 aliphatic rings. The molecular weight excluding hydrogens is 593 g/mol. The summed E-state index contributed by atoms with van der Waals surface area (Å²) in [7, 11) is -4.19. The molecule has 0 saturated heterocycles. The van der Waals surface area contributed by atoms with E-state index in [2.05, 4.69) is 5.32 Å². The van der Waals surface area contributed by atoms with Crippen LogP contribution in [0.4, 0.5) is 5.69 Å². The fraction of sp³-hybridized carbons (Fsp3) is 0.375. The number of aryl methyl sites for hydroxylation is 1. The monoisotopic (exact) mass is 629 g/mol. The molecule has 10 heteroatoms. The van der Waals surface area contributed by atoms with Gasteiger partial charge in [-0.2, -0.15) is 0 Å². The first-order valence-electron chi connectivity index (χ1n) is 14.2. The fourth-order valence-electron chi connectivity index (χ4n) is 5.18. The Kier molecular flexibility index (Phi) is 10.6. The third-order valence-electron chi connectivity index (χ3n) is 7.81. The van der Waals surface area contributed by atoms with E-state index in [9.17, 15) is 18.0 Å². The maximum Gasteiger partial charge on any atom is 0.264 e. The molecule has 1 unspecified atom stereocenters. The first-order chi connectivity index (χ1) is 20.0. The van der Waals surface area contributed by atoms with Gasteiger partial charge in [-0.1, -0.05) is 84.4 Å². The molecule has 4 rings (SSSR count). The number of carbonyl (C=O) groups excluding carboxylic acids is 2. The Labute approximate surface area is 258 Å². The Morgan fingerprint density at radius 1 is 0.905 bits per heavy atom. The van der Waals surface area contributed by atoms with Gasteiger partial charge in [0.05, 0.1) is 10.6 Å². The molecule has 1 fully saturated rings. The summed E-state index contributed by atoms with van der Waals surface area (Å²) in [5.74, 6) is -0.828. The standard InChI is InChI=1S/C32H37Cl2N3O4S/c1-22-16-18-27(19-17-22)42(40,41)37(30-15-9-14-28(33)23(30)2)21-31(38)36(20-25-10-7-8-13-29(25)34)24(3)32(39)35-26-11-5-4-6-12-26/h7-10,13-19,24,26H,4-6,11-12,20-21H2,1-3H3,(H,35,39). The average molecular weight is 631 g/mol. The summed E-state index contributed by atoms with van der Waals surface area (Å²) in [5.41, 5.74) is 2.35. The highest BCUT2D eigenvalue weighted by Crippen LogP contribution is 2.31. The minimum absolute atomic E-state index is 0.0324. The highest BCUT2D eigenvalue weighted by molar-refractivity contribution is 7.92. The molecule has 0 spiro atoms. The van der Waals surface area contributed by atoms with Crippen LogP contribution in [-0.2, 0) is 26.2 Å². The minimum Gasteiger partial charge on any atom is -0.352 e. The number of nitrogens with zero attached hydrogens (tertiary/aromatic N) is 2. The SMILES string of the molecule is Cc1ccc(S(=O)(=O)N(CC(=O)N(Cc2ccccc2Cl)C(C)C(=O)NC2CCCCC2)c2cccc(Cl)c2C)cc1. The van der Waals surface area contributed by atoms with Crippen molar-refractivity contribution >= 4 is 50.7 Å². The zero-order valence-electron chi connectivity index (χ0n) is 24.1. The average Bonchev–Trinajstić information content (AvgIpc) is 2.97. The van der Waals surface area contributed by atoms with Crippen molar-refractivity contribution in [2.24, 2.45) is 0 Å². The van der Waals surface area contributed by atoms with Crippen molar-refractivity contribution in [1.29, 1.82) is 0 Å². The number of rotatable bonds is 10. The number of carbonyl (C=O) groups is 2. The van der Waals surface area contributed by atoms with Gasteiger partial charge in [0.1, 0.15) is 12.6 Å². The van der Waals surface area contributed by atoms with E-state index in [1.54, 1.807) is 68.4 Å². The maximum atomic E-state index is 14.2. The second kappa shape index (κ2) is 13.9. The van der Waals surface area contributed by atoms with Gasteiger partial charge in [0.25, 0.3) is 10.0 Å².